The number of halogens is 1. The molecule has 140 valence electrons. The van der Waals surface area contributed by atoms with Gasteiger partial charge in [0.1, 0.15) is 11.1 Å². The zero-order valence-electron chi connectivity index (χ0n) is 15.1. The van der Waals surface area contributed by atoms with Gasteiger partial charge in [-0.05, 0) is 35.9 Å². The van der Waals surface area contributed by atoms with Crippen molar-refractivity contribution in [1.29, 1.82) is 5.26 Å². The van der Waals surface area contributed by atoms with Crippen LogP contribution in [0.15, 0.2) is 52.3 Å². The number of nitriles is 1. The molecule has 0 aliphatic heterocycles. The van der Waals surface area contributed by atoms with Crippen LogP contribution in [0.3, 0.4) is 0 Å². The molecular formula is C21H15BrN2O3S. The quantitative estimate of drug-likeness (QED) is 0.286. The normalized spacial score (nSPS) is 11.0. The Balaban J connectivity index is 1.91. The van der Waals surface area contributed by atoms with Gasteiger partial charge < -0.3 is 9.47 Å². The van der Waals surface area contributed by atoms with Crippen LogP contribution in [0.4, 0.5) is 0 Å². The zero-order valence-corrected chi connectivity index (χ0v) is 17.5. The summed E-state index contributed by atoms with van der Waals surface area (Å²) in [7, 11) is 1.49. The van der Waals surface area contributed by atoms with Crippen molar-refractivity contribution in [3.63, 3.8) is 0 Å². The van der Waals surface area contributed by atoms with Gasteiger partial charge in [-0.2, -0.15) is 5.26 Å². The van der Waals surface area contributed by atoms with Crippen LogP contribution >= 0.6 is 27.3 Å². The number of thiazole rings is 1. The van der Waals surface area contributed by atoms with Crippen molar-refractivity contribution in [1.82, 2.24) is 4.98 Å². The molecule has 7 heteroatoms. The smallest absolute Gasteiger partial charge is 0.308 e. The van der Waals surface area contributed by atoms with Crippen LogP contribution in [0.2, 0.25) is 0 Å². The van der Waals surface area contributed by atoms with E-state index in [1.54, 1.807) is 24.3 Å². The fourth-order valence-corrected chi connectivity index (χ4v) is 3.53. The van der Waals surface area contributed by atoms with E-state index in [1.807, 2.05) is 29.6 Å². The molecule has 5 nitrogen and oxygen atoms in total. The number of methoxy groups -OCH3 is 1. The van der Waals surface area contributed by atoms with E-state index in [1.165, 1.54) is 25.4 Å². The number of aromatic nitrogens is 1. The van der Waals surface area contributed by atoms with Gasteiger partial charge in [0, 0.05) is 22.3 Å². The van der Waals surface area contributed by atoms with E-state index in [4.69, 9.17) is 9.47 Å². The summed E-state index contributed by atoms with van der Waals surface area (Å²) in [5, 5.41) is 12.2. The molecule has 0 radical (unpaired) electrons. The standard InChI is InChI=1S/C21H15BrN2O3S/c1-13(25)27-19-8-3-14(10-20(19)26-2)9-16(11-23)21-24-18(12-28-21)15-4-6-17(22)7-5-15/h3-10,12H,1-2H3. The third-order valence-electron chi connectivity index (χ3n) is 3.75. The second kappa shape index (κ2) is 8.83. The highest BCUT2D eigenvalue weighted by Gasteiger charge is 2.11. The van der Waals surface area contributed by atoms with Crippen molar-refractivity contribution in [2.45, 2.75) is 6.92 Å². The first-order valence-corrected chi connectivity index (χ1v) is 9.87. The molecule has 0 amide bonds. The summed E-state index contributed by atoms with van der Waals surface area (Å²) < 4.78 is 11.4. The van der Waals surface area contributed by atoms with Gasteiger partial charge >= 0.3 is 5.97 Å². The molecule has 0 aliphatic carbocycles. The molecule has 3 rings (SSSR count). The highest BCUT2D eigenvalue weighted by atomic mass is 79.9. The van der Waals surface area contributed by atoms with E-state index in [2.05, 4.69) is 27.0 Å². The molecule has 0 saturated carbocycles. The van der Waals surface area contributed by atoms with Gasteiger partial charge in [-0.15, -0.1) is 11.3 Å². The third kappa shape index (κ3) is 4.66. The number of nitrogens with zero attached hydrogens (tertiary/aromatic N) is 2. The second-order valence-corrected chi connectivity index (χ2v) is 7.49. The maximum Gasteiger partial charge on any atom is 0.308 e. The van der Waals surface area contributed by atoms with Crippen LogP contribution in [-0.4, -0.2) is 18.1 Å². The minimum absolute atomic E-state index is 0.331. The van der Waals surface area contributed by atoms with Gasteiger partial charge in [-0.25, -0.2) is 4.98 Å². The van der Waals surface area contributed by atoms with E-state index < -0.39 is 5.97 Å². The topological polar surface area (TPSA) is 72.2 Å². The van der Waals surface area contributed by atoms with E-state index in [-0.39, 0.29) is 0 Å². The molecule has 2 aromatic carbocycles. The maximum absolute atomic E-state index is 11.2. The highest BCUT2D eigenvalue weighted by molar-refractivity contribution is 9.10. The fraction of sp³-hybridized carbons (Fsp3) is 0.0952. The van der Waals surface area contributed by atoms with E-state index >= 15 is 0 Å². The predicted octanol–water partition coefficient (Wildman–Crippen LogP) is 5.57. The van der Waals surface area contributed by atoms with Crippen LogP contribution < -0.4 is 9.47 Å². The van der Waals surface area contributed by atoms with Crippen molar-refractivity contribution in [2.75, 3.05) is 7.11 Å². The lowest BCUT2D eigenvalue weighted by molar-refractivity contribution is -0.132. The molecule has 0 spiro atoms. The summed E-state index contributed by atoms with van der Waals surface area (Å²) in [5.74, 6) is 0.316. The van der Waals surface area contributed by atoms with Crippen LogP contribution in [0, 0.1) is 11.3 Å². The number of hydrogen-bond acceptors (Lipinski definition) is 6. The molecule has 0 bridgehead atoms. The number of carbonyl (C=O) groups excluding carboxylic acids is 1. The Morgan fingerprint density at radius 1 is 1.21 bits per heavy atom. The van der Waals surface area contributed by atoms with Crippen molar-refractivity contribution in [2.24, 2.45) is 0 Å². The number of rotatable bonds is 5. The number of allylic oxidation sites excluding steroid dienone is 1. The van der Waals surface area contributed by atoms with E-state index in [0.29, 0.717) is 22.1 Å². The number of carbonyl (C=O) groups is 1. The van der Waals surface area contributed by atoms with Gasteiger partial charge in [0.05, 0.1) is 18.4 Å². The molecule has 1 heterocycles. The van der Waals surface area contributed by atoms with Crippen LogP contribution in [0.25, 0.3) is 22.9 Å². The lowest BCUT2D eigenvalue weighted by Crippen LogP contribution is -2.03. The summed E-state index contributed by atoms with van der Waals surface area (Å²) in [6.45, 7) is 1.33. The SMILES string of the molecule is COc1cc(C=C(C#N)c2nc(-c3ccc(Br)cc3)cs2)ccc1OC(C)=O. The molecule has 0 N–H and O–H groups in total. The van der Waals surface area contributed by atoms with Gasteiger partial charge in [0.25, 0.3) is 0 Å². The van der Waals surface area contributed by atoms with E-state index in [0.717, 1.165) is 21.3 Å². The molecule has 0 fully saturated rings. The lowest BCUT2D eigenvalue weighted by Gasteiger charge is -2.08. The number of ether oxygens (including phenoxy) is 2. The van der Waals surface area contributed by atoms with Gasteiger partial charge in [0.2, 0.25) is 0 Å². The van der Waals surface area contributed by atoms with Crippen molar-refractivity contribution in [3.05, 3.63) is 62.9 Å². The molecule has 1 aromatic heterocycles. The Bertz CT molecular complexity index is 1080. The summed E-state index contributed by atoms with van der Waals surface area (Å²) in [5.41, 5.74) is 2.98. The Morgan fingerprint density at radius 3 is 2.61 bits per heavy atom. The average Bonchev–Trinajstić information content (AvgIpc) is 3.17. The first-order valence-electron chi connectivity index (χ1n) is 8.20. The number of esters is 1. The monoisotopic (exact) mass is 454 g/mol. The molecule has 0 unspecified atom stereocenters. The lowest BCUT2D eigenvalue weighted by atomic mass is 10.1. The third-order valence-corrected chi connectivity index (χ3v) is 5.15. The van der Waals surface area contributed by atoms with Gasteiger partial charge in [-0.3, -0.25) is 4.79 Å². The van der Waals surface area contributed by atoms with Crippen LogP contribution in [0.5, 0.6) is 11.5 Å². The van der Waals surface area contributed by atoms with Crippen molar-refractivity contribution >= 4 is 44.9 Å². The summed E-state index contributed by atoms with van der Waals surface area (Å²) in [4.78, 5) is 15.8. The average molecular weight is 455 g/mol. The van der Waals surface area contributed by atoms with Gasteiger partial charge in [0.15, 0.2) is 11.5 Å². The largest absolute Gasteiger partial charge is 0.493 e. The van der Waals surface area contributed by atoms with E-state index in [9.17, 15) is 10.1 Å². The minimum Gasteiger partial charge on any atom is -0.493 e. The summed E-state index contributed by atoms with van der Waals surface area (Å²) >= 11 is 4.82. The first-order chi connectivity index (χ1) is 13.5. The Morgan fingerprint density at radius 2 is 1.96 bits per heavy atom. The van der Waals surface area contributed by atoms with Crippen LogP contribution in [0.1, 0.15) is 17.5 Å². The predicted molar refractivity (Wildman–Crippen MR) is 113 cm³/mol. The fourth-order valence-electron chi connectivity index (χ4n) is 2.47. The highest BCUT2D eigenvalue weighted by Crippen LogP contribution is 2.31. The zero-order chi connectivity index (χ0) is 20.1. The Kier molecular flexibility index (Phi) is 6.24. The number of benzene rings is 2. The first kappa shape index (κ1) is 19.8. The maximum atomic E-state index is 11.2. The molecule has 0 atom stereocenters. The summed E-state index contributed by atoms with van der Waals surface area (Å²) in [6, 6.07) is 15.1. The molecule has 0 aliphatic rings. The van der Waals surface area contributed by atoms with Crippen LogP contribution in [-0.2, 0) is 4.79 Å². The second-order valence-electron chi connectivity index (χ2n) is 5.72. The summed E-state index contributed by atoms with van der Waals surface area (Å²) in [6.07, 6.45) is 1.73. The molecule has 3 aromatic rings. The Labute approximate surface area is 175 Å². The van der Waals surface area contributed by atoms with Crippen molar-refractivity contribution < 1.29 is 14.3 Å². The van der Waals surface area contributed by atoms with Crippen molar-refractivity contribution in [3.8, 4) is 28.8 Å². The minimum atomic E-state index is -0.428. The van der Waals surface area contributed by atoms with Gasteiger partial charge in [-0.1, -0.05) is 34.1 Å². The molecule has 28 heavy (non-hydrogen) atoms. The molecule has 0 saturated heterocycles. The Hall–Kier alpha value is -2.95. The number of hydrogen-bond donors (Lipinski definition) is 0. The molecular weight excluding hydrogens is 440 g/mol.